The summed E-state index contributed by atoms with van der Waals surface area (Å²) in [6.07, 6.45) is 7.31. The number of hydrogen-bond acceptors (Lipinski definition) is 4. The maximum Gasteiger partial charge on any atom is 0.316 e. The molecule has 0 unspecified atom stereocenters. The van der Waals surface area contributed by atoms with E-state index in [1.807, 2.05) is 20.8 Å². The van der Waals surface area contributed by atoms with Crippen LogP contribution in [0.25, 0.3) is 0 Å². The average Bonchev–Trinajstić information content (AvgIpc) is 2.94. The number of carbonyl (C=O) groups excluding carboxylic acids is 3. The van der Waals surface area contributed by atoms with Crippen LogP contribution in [0.4, 0.5) is 0 Å². The third kappa shape index (κ3) is 2.21. The van der Waals surface area contributed by atoms with E-state index < -0.39 is 10.8 Å². The summed E-state index contributed by atoms with van der Waals surface area (Å²) in [6.45, 7) is 10.6. The number of ketones is 2. The molecule has 0 aromatic heterocycles. The molecule has 0 heterocycles. The summed E-state index contributed by atoms with van der Waals surface area (Å²) in [5.74, 6) is 0.910. The second kappa shape index (κ2) is 6.03. The highest BCUT2D eigenvalue weighted by atomic mass is 16.5. The molecule has 4 rings (SSSR count). The van der Waals surface area contributed by atoms with Crippen molar-refractivity contribution in [1.82, 2.24) is 0 Å². The molecule has 0 radical (unpaired) electrons. The summed E-state index contributed by atoms with van der Waals surface area (Å²) >= 11 is 0. The molecular weight excluding hydrogens is 352 g/mol. The van der Waals surface area contributed by atoms with E-state index in [1.54, 1.807) is 0 Å². The number of allylic oxidation sites excluding steroid dienone is 1. The Hall–Kier alpha value is -1.45. The van der Waals surface area contributed by atoms with Crippen LogP contribution in [0.15, 0.2) is 11.6 Å². The van der Waals surface area contributed by atoms with Crippen molar-refractivity contribution in [3.05, 3.63) is 11.6 Å². The normalized spacial score (nSPS) is 44.2. The zero-order valence-electron chi connectivity index (χ0n) is 18.0. The largest absolute Gasteiger partial charge is 0.465 e. The van der Waals surface area contributed by atoms with E-state index >= 15 is 0 Å². The molecule has 4 aliphatic carbocycles. The first-order chi connectivity index (χ1) is 13.0. The lowest BCUT2D eigenvalue weighted by Crippen LogP contribution is -2.61. The number of ether oxygens (including phenoxy) is 1. The van der Waals surface area contributed by atoms with Crippen molar-refractivity contribution in [2.75, 3.05) is 6.61 Å². The predicted octanol–water partition coefficient (Wildman–Crippen LogP) is 4.66. The van der Waals surface area contributed by atoms with Gasteiger partial charge in [0.15, 0.2) is 0 Å². The molecule has 0 N–H and O–H groups in total. The molecule has 5 atom stereocenters. The molecule has 3 fully saturated rings. The Kier molecular flexibility index (Phi) is 4.27. The van der Waals surface area contributed by atoms with E-state index in [-0.39, 0.29) is 28.5 Å². The van der Waals surface area contributed by atoms with Crippen LogP contribution in [0.3, 0.4) is 0 Å². The monoisotopic (exact) mass is 386 g/mol. The van der Waals surface area contributed by atoms with Crippen molar-refractivity contribution in [1.29, 1.82) is 0 Å². The summed E-state index contributed by atoms with van der Waals surface area (Å²) in [5.41, 5.74) is -0.713. The molecule has 4 aliphatic rings. The highest BCUT2D eigenvalue weighted by Crippen LogP contribution is 2.71. The fraction of sp³-hybridized carbons (Fsp3) is 0.792. The van der Waals surface area contributed by atoms with Gasteiger partial charge >= 0.3 is 5.97 Å². The van der Waals surface area contributed by atoms with Crippen molar-refractivity contribution in [3.8, 4) is 0 Å². The minimum atomic E-state index is -0.715. The Morgan fingerprint density at radius 1 is 1.04 bits per heavy atom. The number of carbonyl (C=O) groups is 3. The van der Waals surface area contributed by atoms with Gasteiger partial charge < -0.3 is 4.74 Å². The first kappa shape index (κ1) is 19.8. The molecule has 0 amide bonds. The summed E-state index contributed by atoms with van der Waals surface area (Å²) in [4.78, 5) is 39.1. The summed E-state index contributed by atoms with van der Waals surface area (Å²) < 4.78 is 5.66. The van der Waals surface area contributed by atoms with Crippen LogP contribution in [-0.4, -0.2) is 24.1 Å². The second-order valence-corrected chi connectivity index (χ2v) is 10.6. The molecule has 0 aliphatic heterocycles. The van der Waals surface area contributed by atoms with Crippen molar-refractivity contribution in [2.24, 2.45) is 33.5 Å². The molecule has 0 aromatic rings. The van der Waals surface area contributed by atoms with Crippen LogP contribution >= 0.6 is 0 Å². The maximum atomic E-state index is 13.5. The van der Waals surface area contributed by atoms with Gasteiger partial charge in [0.25, 0.3) is 0 Å². The van der Waals surface area contributed by atoms with Gasteiger partial charge in [-0.3, -0.25) is 14.4 Å². The van der Waals surface area contributed by atoms with Gasteiger partial charge in [0.2, 0.25) is 0 Å². The fourth-order valence-corrected chi connectivity index (χ4v) is 7.76. The molecule has 4 nitrogen and oxygen atoms in total. The zero-order valence-corrected chi connectivity index (χ0v) is 18.0. The van der Waals surface area contributed by atoms with Gasteiger partial charge in [-0.05, 0) is 75.7 Å². The summed E-state index contributed by atoms with van der Waals surface area (Å²) in [5, 5.41) is 0. The minimum Gasteiger partial charge on any atom is -0.465 e. The number of esters is 1. The summed E-state index contributed by atoms with van der Waals surface area (Å²) in [7, 11) is 0. The average molecular weight is 387 g/mol. The van der Waals surface area contributed by atoms with Gasteiger partial charge in [-0.25, -0.2) is 0 Å². The van der Waals surface area contributed by atoms with Crippen molar-refractivity contribution >= 4 is 17.5 Å². The smallest absolute Gasteiger partial charge is 0.316 e. The van der Waals surface area contributed by atoms with E-state index in [1.165, 1.54) is 0 Å². The van der Waals surface area contributed by atoms with Crippen LogP contribution < -0.4 is 0 Å². The highest BCUT2D eigenvalue weighted by Gasteiger charge is 2.69. The van der Waals surface area contributed by atoms with E-state index in [2.05, 4.69) is 19.9 Å². The van der Waals surface area contributed by atoms with E-state index in [4.69, 9.17) is 4.74 Å². The summed E-state index contributed by atoms with van der Waals surface area (Å²) in [6, 6.07) is 0. The van der Waals surface area contributed by atoms with Crippen molar-refractivity contribution in [2.45, 2.75) is 79.6 Å². The lowest BCUT2D eigenvalue weighted by atomic mass is 9.40. The first-order valence-electron chi connectivity index (χ1n) is 11.0. The Morgan fingerprint density at radius 3 is 2.43 bits per heavy atom. The fourth-order valence-electron chi connectivity index (χ4n) is 7.76. The van der Waals surface area contributed by atoms with Gasteiger partial charge in [-0.1, -0.05) is 19.9 Å². The standard InChI is InChI=1S/C24H34O4/c1-6-28-20(27)24-14-11-18(25)21(2,3)15(24)9-12-22(4)16-7-8-19(26)23(16,5)13-10-17(22)24/h9,16-17H,6-8,10-14H2,1-5H3/t16-,17-,22-,23+,24+/m0/s1. The van der Waals surface area contributed by atoms with Gasteiger partial charge in [-0.15, -0.1) is 0 Å². The highest BCUT2D eigenvalue weighted by molar-refractivity contribution is 5.95. The number of hydrogen-bond donors (Lipinski definition) is 0. The molecule has 3 saturated carbocycles. The van der Waals surface area contributed by atoms with Gasteiger partial charge in [0.1, 0.15) is 11.6 Å². The van der Waals surface area contributed by atoms with Crippen LogP contribution in [0, 0.1) is 33.5 Å². The Bertz CT molecular complexity index is 777. The Morgan fingerprint density at radius 2 is 1.75 bits per heavy atom. The van der Waals surface area contributed by atoms with Crippen LogP contribution in [-0.2, 0) is 19.1 Å². The van der Waals surface area contributed by atoms with Crippen molar-refractivity contribution in [3.63, 3.8) is 0 Å². The van der Waals surface area contributed by atoms with Crippen LogP contribution in [0.2, 0.25) is 0 Å². The molecule has 154 valence electrons. The van der Waals surface area contributed by atoms with Gasteiger partial charge in [0.05, 0.1) is 12.0 Å². The second-order valence-electron chi connectivity index (χ2n) is 10.6. The number of rotatable bonds is 2. The maximum absolute atomic E-state index is 13.5. The molecule has 0 bridgehead atoms. The molecule has 0 spiro atoms. The first-order valence-corrected chi connectivity index (χ1v) is 11.0. The predicted molar refractivity (Wildman–Crippen MR) is 106 cm³/mol. The van der Waals surface area contributed by atoms with Crippen LogP contribution in [0.5, 0.6) is 0 Å². The van der Waals surface area contributed by atoms with Crippen LogP contribution in [0.1, 0.15) is 79.6 Å². The molecule has 0 aromatic carbocycles. The minimum absolute atomic E-state index is 0.105. The van der Waals surface area contributed by atoms with E-state index in [0.29, 0.717) is 37.6 Å². The molecule has 28 heavy (non-hydrogen) atoms. The Balaban J connectivity index is 1.89. The third-order valence-corrected chi connectivity index (χ3v) is 9.19. The van der Waals surface area contributed by atoms with E-state index in [0.717, 1.165) is 31.3 Å². The molecule has 0 saturated heterocycles. The lowest BCUT2D eigenvalue weighted by Gasteiger charge is -2.63. The number of fused-ring (bicyclic) bond motifs is 5. The van der Waals surface area contributed by atoms with Gasteiger partial charge in [-0.2, -0.15) is 0 Å². The lowest BCUT2D eigenvalue weighted by molar-refractivity contribution is -0.175. The molecular formula is C24H34O4. The zero-order chi connectivity index (χ0) is 20.5. The SMILES string of the molecule is CCOC(=O)[C@]12CCC(=O)C(C)(C)C1=CC[C@]1(C)[C@@H]2CC[C@@]2(C)C(=O)CC[C@@H]12. The quantitative estimate of drug-likeness (QED) is 0.512. The topological polar surface area (TPSA) is 60.4 Å². The molecule has 4 heteroatoms. The number of Topliss-reactive ketones (excluding diaryl/α,β-unsaturated/α-hetero) is 2. The van der Waals surface area contributed by atoms with E-state index in [9.17, 15) is 14.4 Å². The Labute approximate surface area is 168 Å². The van der Waals surface area contributed by atoms with Gasteiger partial charge in [0, 0.05) is 23.7 Å². The van der Waals surface area contributed by atoms with Crippen molar-refractivity contribution < 1.29 is 19.1 Å². The third-order valence-electron chi connectivity index (χ3n) is 9.19.